The second-order valence-corrected chi connectivity index (χ2v) is 7.20. The molecule has 0 aliphatic rings. The first-order valence-corrected chi connectivity index (χ1v) is 9.09. The van der Waals surface area contributed by atoms with Crippen LogP contribution in [0.15, 0.2) is 29.1 Å². The SMILES string of the molecule is COC(=O)c1sc(NC(=O)Cn2c(=O)cc(C)c3cccc(C)c32)nc1C. The number of fused-ring (bicyclic) bond motifs is 1. The van der Waals surface area contributed by atoms with E-state index in [1.165, 1.54) is 17.7 Å². The Labute approximate surface area is 159 Å². The summed E-state index contributed by atoms with van der Waals surface area (Å²) >= 11 is 1.04. The molecular weight excluding hydrogens is 366 g/mol. The molecule has 1 aromatic carbocycles. The molecule has 0 saturated carbocycles. The number of methoxy groups -OCH3 is 1. The molecule has 0 radical (unpaired) electrons. The Morgan fingerprint density at radius 2 is 1.96 bits per heavy atom. The third-order valence-corrected chi connectivity index (χ3v) is 5.31. The summed E-state index contributed by atoms with van der Waals surface area (Å²) in [6.07, 6.45) is 0. The summed E-state index contributed by atoms with van der Waals surface area (Å²) in [4.78, 5) is 41.2. The van der Waals surface area contributed by atoms with E-state index in [1.807, 2.05) is 32.0 Å². The van der Waals surface area contributed by atoms with Gasteiger partial charge in [0, 0.05) is 11.5 Å². The van der Waals surface area contributed by atoms with Gasteiger partial charge in [-0.2, -0.15) is 0 Å². The minimum Gasteiger partial charge on any atom is -0.465 e. The second-order valence-electron chi connectivity index (χ2n) is 6.20. The molecule has 0 aliphatic heterocycles. The summed E-state index contributed by atoms with van der Waals surface area (Å²) < 4.78 is 6.15. The molecule has 8 heteroatoms. The molecule has 0 bridgehead atoms. The first-order valence-electron chi connectivity index (χ1n) is 8.27. The molecule has 0 unspecified atom stereocenters. The zero-order valence-corrected chi connectivity index (χ0v) is 16.3. The minimum absolute atomic E-state index is 0.146. The smallest absolute Gasteiger partial charge is 0.350 e. The number of aryl methyl sites for hydroxylation is 3. The van der Waals surface area contributed by atoms with Gasteiger partial charge in [0.1, 0.15) is 11.4 Å². The van der Waals surface area contributed by atoms with E-state index in [4.69, 9.17) is 4.74 Å². The standard InChI is InChI=1S/C19H19N3O4S/c1-10-6-5-7-13-11(2)8-15(24)22(16(10)13)9-14(23)21-19-20-12(3)17(27-19)18(25)26-4/h5-8H,9H2,1-4H3,(H,20,21,23). The van der Waals surface area contributed by atoms with Crippen LogP contribution in [0.4, 0.5) is 5.13 Å². The van der Waals surface area contributed by atoms with Crippen molar-refractivity contribution in [3.8, 4) is 0 Å². The predicted octanol–water partition coefficient (Wildman–Crippen LogP) is 2.81. The van der Waals surface area contributed by atoms with Gasteiger partial charge in [0.15, 0.2) is 5.13 Å². The van der Waals surface area contributed by atoms with Crippen LogP contribution in [0, 0.1) is 20.8 Å². The fraction of sp³-hybridized carbons (Fsp3) is 0.263. The van der Waals surface area contributed by atoms with Crippen LogP contribution in [-0.2, 0) is 16.1 Å². The monoisotopic (exact) mass is 385 g/mol. The van der Waals surface area contributed by atoms with Gasteiger partial charge in [-0.1, -0.05) is 29.5 Å². The molecule has 1 N–H and O–H groups in total. The van der Waals surface area contributed by atoms with Crippen molar-refractivity contribution in [3.05, 3.63) is 56.3 Å². The van der Waals surface area contributed by atoms with Gasteiger partial charge in [0.05, 0.1) is 18.3 Å². The Kier molecular flexibility index (Phi) is 5.09. The number of benzene rings is 1. The number of anilines is 1. The lowest BCUT2D eigenvalue weighted by Crippen LogP contribution is -2.28. The van der Waals surface area contributed by atoms with Gasteiger partial charge < -0.3 is 10.1 Å². The van der Waals surface area contributed by atoms with E-state index in [9.17, 15) is 14.4 Å². The number of carbonyl (C=O) groups is 2. The van der Waals surface area contributed by atoms with Crippen LogP contribution in [0.1, 0.15) is 26.5 Å². The number of pyridine rings is 1. The summed E-state index contributed by atoms with van der Waals surface area (Å²) in [5.74, 6) is -0.891. The number of nitrogens with one attached hydrogen (secondary N) is 1. The highest BCUT2D eigenvalue weighted by molar-refractivity contribution is 7.17. The molecule has 0 atom stereocenters. The number of carbonyl (C=O) groups excluding carboxylic acids is 2. The maximum absolute atomic E-state index is 12.5. The zero-order chi connectivity index (χ0) is 19.7. The molecule has 7 nitrogen and oxygen atoms in total. The van der Waals surface area contributed by atoms with Gasteiger partial charge in [0.2, 0.25) is 5.91 Å². The maximum Gasteiger partial charge on any atom is 0.350 e. The van der Waals surface area contributed by atoms with Crippen molar-refractivity contribution in [2.24, 2.45) is 0 Å². The molecule has 0 spiro atoms. The van der Waals surface area contributed by atoms with E-state index in [1.54, 1.807) is 6.92 Å². The van der Waals surface area contributed by atoms with Crippen LogP contribution in [0.5, 0.6) is 0 Å². The molecule has 2 heterocycles. The van der Waals surface area contributed by atoms with Gasteiger partial charge in [-0.3, -0.25) is 14.2 Å². The van der Waals surface area contributed by atoms with Crippen LogP contribution in [0.2, 0.25) is 0 Å². The van der Waals surface area contributed by atoms with Crippen molar-refractivity contribution < 1.29 is 14.3 Å². The molecule has 0 aliphatic carbocycles. The predicted molar refractivity (Wildman–Crippen MR) is 105 cm³/mol. The minimum atomic E-state index is -0.498. The number of ether oxygens (including phenoxy) is 1. The molecule has 3 rings (SSSR count). The van der Waals surface area contributed by atoms with Crippen molar-refractivity contribution >= 4 is 39.2 Å². The number of hydrogen-bond donors (Lipinski definition) is 1. The number of amides is 1. The van der Waals surface area contributed by atoms with E-state index in [0.29, 0.717) is 15.7 Å². The number of para-hydroxylation sites is 1. The van der Waals surface area contributed by atoms with Gasteiger partial charge in [0.25, 0.3) is 5.56 Å². The topological polar surface area (TPSA) is 90.3 Å². The van der Waals surface area contributed by atoms with E-state index < -0.39 is 11.9 Å². The van der Waals surface area contributed by atoms with Crippen molar-refractivity contribution in [2.75, 3.05) is 12.4 Å². The maximum atomic E-state index is 12.5. The summed E-state index contributed by atoms with van der Waals surface area (Å²) in [5, 5.41) is 3.88. The normalized spacial score (nSPS) is 10.8. The number of hydrogen-bond acceptors (Lipinski definition) is 6. The number of aromatic nitrogens is 2. The first kappa shape index (κ1) is 18.8. The van der Waals surface area contributed by atoms with Gasteiger partial charge in [-0.15, -0.1) is 0 Å². The van der Waals surface area contributed by atoms with Gasteiger partial charge in [-0.05, 0) is 31.9 Å². The summed E-state index contributed by atoms with van der Waals surface area (Å²) in [6, 6.07) is 7.28. The van der Waals surface area contributed by atoms with Crippen LogP contribution < -0.4 is 10.9 Å². The molecule has 0 saturated heterocycles. The molecule has 0 fully saturated rings. The Balaban J connectivity index is 1.91. The van der Waals surface area contributed by atoms with E-state index >= 15 is 0 Å². The second kappa shape index (κ2) is 7.32. The largest absolute Gasteiger partial charge is 0.465 e. The lowest BCUT2D eigenvalue weighted by atomic mass is 10.1. The molecule has 3 aromatic rings. The highest BCUT2D eigenvalue weighted by atomic mass is 32.1. The van der Waals surface area contributed by atoms with Crippen molar-refractivity contribution in [1.29, 1.82) is 0 Å². The van der Waals surface area contributed by atoms with Crippen molar-refractivity contribution in [1.82, 2.24) is 9.55 Å². The zero-order valence-electron chi connectivity index (χ0n) is 15.5. The fourth-order valence-electron chi connectivity index (χ4n) is 2.98. The number of nitrogens with zero attached hydrogens (tertiary/aromatic N) is 2. The van der Waals surface area contributed by atoms with Crippen molar-refractivity contribution in [2.45, 2.75) is 27.3 Å². The fourth-order valence-corrected chi connectivity index (χ4v) is 3.88. The molecule has 1 amide bonds. The Bertz CT molecular complexity index is 1110. The lowest BCUT2D eigenvalue weighted by molar-refractivity contribution is -0.116. The Hall–Kier alpha value is -3.00. The van der Waals surface area contributed by atoms with Gasteiger partial charge in [-0.25, -0.2) is 9.78 Å². The first-order chi connectivity index (χ1) is 12.8. The van der Waals surface area contributed by atoms with E-state index in [-0.39, 0.29) is 12.1 Å². The van der Waals surface area contributed by atoms with E-state index in [2.05, 4.69) is 10.3 Å². The van der Waals surface area contributed by atoms with Crippen LogP contribution in [0.25, 0.3) is 10.9 Å². The van der Waals surface area contributed by atoms with E-state index in [0.717, 1.165) is 33.4 Å². The van der Waals surface area contributed by atoms with Gasteiger partial charge >= 0.3 is 5.97 Å². The van der Waals surface area contributed by atoms with Crippen LogP contribution >= 0.6 is 11.3 Å². The average Bonchev–Trinajstić information content (AvgIpc) is 2.98. The highest BCUT2D eigenvalue weighted by Gasteiger charge is 2.18. The molecule has 27 heavy (non-hydrogen) atoms. The van der Waals surface area contributed by atoms with Crippen LogP contribution in [-0.4, -0.2) is 28.5 Å². The van der Waals surface area contributed by atoms with Crippen molar-refractivity contribution in [3.63, 3.8) is 0 Å². The molecule has 140 valence electrons. The third-order valence-electron chi connectivity index (χ3n) is 4.25. The Morgan fingerprint density at radius 1 is 1.22 bits per heavy atom. The summed E-state index contributed by atoms with van der Waals surface area (Å²) in [7, 11) is 1.29. The third kappa shape index (κ3) is 3.61. The quantitative estimate of drug-likeness (QED) is 0.698. The number of rotatable bonds is 4. The lowest BCUT2D eigenvalue weighted by Gasteiger charge is -2.13. The molecular formula is C19H19N3O4S. The summed E-state index contributed by atoms with van der Waals surface area (Å²) in [5.41, 5.74) is 2.77. The van der Waals surface area contributed by atoms with Crippen LogP contribution in [0.3, 0.4) is 0 Å². The number of esters is 1. The summed E-state index contributed by atoms with van der Waals surface area (Å²) in [6.45, 7) is 5.30. The molecule has 2 aromatic heterocycles. The average molecular weight is 385 g/mol. The Morgan fingerprint density at radius 3 is 2.67 bits per heavy atom. The highest BCUT2D eigenvalue weighted by Crippen LogP contribution is 2.24. The number of thiazole rings is 1.